The van der Waals surface area contributed by atoms with Gasteiger partial charge in [-0.3, -0.25) is 0 Å². The van der Waals surface area contributed by atoms with Crippen LogP contribution in [-0.4, -0.2) is 0 Å². The van der Waals surface area contributed by atoms with E-state index in [0.717, 1.165) is 23.8 Å². The van der Waals surface area contributed by atoms with Crippen molar-refractivity contribution in [3.8, 4) is 0 Å². The van der Waals surface area contributed by atoms with E-state index in [-0.39, 0.29) is 0 Å². The zero-order valence-corrected chi connectivity index (χ0v) is 12.8. The van der Waals surface area contributed by atoms with Crippen LogP contribution < -0.4 is 0 Å². The van der Waals surface area contributed by atoms with Gasteiger partial charge in [0.25, 0.3) is 0 Å². The Kier molecular flexibility index (Phi) is 4.92. The Hall–Kier alpha value is -0.920. The molecule has 0 heterocycles. The lowest BCUT2D eigenvalue weighted by Crippen LogP contribution is -2.24. The molecular weight excluding hydrogens is 266 g/mol. The second kappa shape index (κ2) is 6.89. The highest BCUT2D eigenvalue weighted by Crippen LogP contribution is 2.40. The molecule has 2 saturated carbocycles. The molecule has 2 aliphatic carbocycles. The molecule has 2 aliphatic rings. The van der Waals surface area contributed by atoms with E-state index < -0.39 is 11.6 Å². The highest BCUT2D eigenvalue weighted by atomic mass is 19.2. The van der Waals surface area contributed by atoms with Gasteiger partial charge in [-0.15, -0.1) is 0 Å². The fourth-order valence-corrected chi connectivity index (χ4v) is 4.47. The minimum atomic E-state index is -0.736. The lowest BCUT2D eigenvalue weighted by atomic mass is 9.70. The van der Waals surface area contributed by atoms with Crippen molar-refractivity contribution in [1.29, 1.82) is 0 Å². The molecule has 21 heavy (non-hydrogen) atoms. The molecule has 0 bridgehead atoms. The molecule has 2 heteroatoms. The van der Waals surface area contributed by atoms with Gasteiger partial charge in [-0.2, -0.15) is 0 Å². The predicted octanol–water partition coefficient (Wildman–Crippen LogP) is 5.89. The minimum Gasteiger partial charge on any atom is -0.204 e. The van der Waals surface area contributed by atoms with Gasteiger partial charge in [0.15, 0.2) is 11.6 Å². The summed E-state index contributed by atoms with van der Waals surface area (Å²) >= 11 is 0. The maximum absolute atomic E-state index is 13.3. The highest BCUT2D eigenvalue weighted by Gasteiger charge is 2.28. The first-order valence-electron chi connectivity index (χ1n) is 8.66. The molecule has 0 spiro atoms. The number of rotatable bonds is 3. The van der Waals surface area contributed by atoms with Gasteiger partial charge < -0.3 is 0 Å². The van der Waals surface area contributed by atoms with Crippen molar-refractivity contribution in [2.75, 3.05) is 0 Å². The van der Waals surface area contributed by atoms with Crippen LogP contribution in [-0.2, 0) is 6.42 Å². The van der Waals surface area contributed by atoms with Crippen LogP contribution in [0.2, 0.25) is 0 Å². The molecule has 0 radical (unpaired) electrons. The van der Waals surface area contributed by atoms with E-state index in [1.807, 2.05) is 0 Å². The lowest BCUT2D eigenvalue weighted by Gasteiger charge is -2.36. The Morgan fingerprint density at radius 1 is 0.762 bits per heavy atom. The van der Waals surface area contributed by atoms with Gasteiger partial charge in [-0.25, -0.2) is 8.78 Å². The average Bonchev–Trinajstić information content (AvgIpc) is 2.53. The summed E-state index contributed by atoms with van der Waals surface area (Å²) in [5.74, 6) is 1.13. The largest absolute Gasteiger partial charge is 0.204 e. The molecule has 0 atom stereocenters. The molecule has 0 saturated heterocycles. The summed E-state index contributed by atoms with van der Waals surface area (Å²) in [5, 5.41) is 0. The van der Waals surface area contributed by atoms with Crippen LogP contribution in [0.3, 0.4) is 0 Å². The van der Waals surface area contributed by atoms with Crippen molar-refractivity contribution in [2.24, 2.45) is 17.8 Å². The smallest absolute Gasteiger partial charge is 0.159 e. The number of hydrogen-bond acceptors (Lipinski definition) is 0. The van der Waals surface area contributed by atoms with E-state index in [0.29, 0.717) is 5.92 Å². The highest BCUT2D eigenvalue weighted by molar-refractivity contribution is 5.18. The molecule has 0 aromatic heterocycles. The zero-order valence-electron chi connectivity index (χ0n) is 12.8. The third-order valence-corrected chi connectivity index (χ3v) is 5.72. The molecule has 0 nitrogen and oxygen atoms in total. The second-order valence-corrected chi connectivity index (χ2v) is 7.13. The summed E-state index contributed by atoms with van der Waals surface area (Å²) in [6, 6.07) is 4.38. The number of benzene rings is 1. The van der Waals surface area contributed by atoms with E-state index in [9.17, 15) is 8.78 Å². The summed E-state index contributed by atoms with van der Waals surface area (Å²) in [6.45, 7) is 0. The van der Waals surface area contributed by atoms with Gasteiger partial charge in [0.05, 0.1) is 0 Å². The van der Waals surface area contributed by atoms with Crippen LogP contribution >= 0.6 is 0 Å². The molecule has 1 aromatic carbocycles. The monoisotopic (exact) mass is 292 g/mol. The standard InChI is InChI=1S/C19H26F2/c20-18-11-8-15(13-19(18)21)12-14-6-9-17(10-7-14)16-4-2-1-3-5-16/h8,11,13-14,16-17H,1-7,9-10,12H2. The molecular formula is C19H26F2. The molecule has 3 rings (SSSR count). The third kappa shape index (κ3) is 3.84. The van der Waals surface area contributed by atoms with Crippen LogP contribution in [0.25, 0.3) is 0 Å². The molecule has 1 aromatic rings. The summed E-state index contributed by atoms with van der Waals surface area (Å²) in [7, 11) is 0. The van der Waals surface area contributed by atoms with E-state index in [1.54, 1.807) is 6.07 Å². The topological polar surface area (TPSA) is 0 Å². The van der Waals surface area contributed by atoms with Crippen molar-refractivity contribution >= 4 is 0 Å². The second-order valence-electron chi connectivity index (χ2n) is 7.13. The third-order valence-electron chi connectivity index (χ3n) is 5.72. The summed E-state index contributed by atoms with van der Waals surface area (Å²) in [6.07, 6.45) is 13.3. The van der Waals surface area contributed by atoms with Gasteiger partial charge in [0.1, 0.15) is 0 Å². The molecule has 0 amide bonds. The van der Waals surface area contributed by atoms with E-state index in [4.69, 9.17) is 0 Å². The van der Waals surface area contributed by atoms with Gasteiger partial charge in [-0.05, 0) is 67.6 Å². The number of hydrogen-bond donors (Lipinski definition) is 0. The zero-order chi connectivity index (χ0) is 14.7. The van der Waals surface area contributed by atoms with Crippen LogP contribution in [0.5, 0.6) is 0 Å². The van der Waals surface area contributed by atoms with Crippen LogP contribution in [0, 0.1) is 29.4 Å². The molecule has 0 unspecified atom stereocenters. The quantitative estimate of drug-likeness (QED) is 0.651. The van der Waals surface area contributed by atoms with Gasteiger partial charge in [-0.1, -0.05) is 38.2 Å². The maximum atomic E-state index is 13.3. The van der Waals surface area contributed by atoms with Gasteiger partial charge >= 0.3 is 0 Å². The maximum Gasteiger partial charge on any atom is 0.159 e. The Labute approximate surface area is 126 Å². The van der Waals surface area contributed by atoms with Crippen molar-refractivity contribution in [3.05, 3.63) is 35.4 Å². The molecule has 116 valence electrons. The SMILES string of the molecule is Fc1ccc(CC2CCC(C3CCCCC3)CC2)cc1F. The molecule has 0 N–H and O–H groups in total. The fraction of sp³-hybridized carbons (Fsp3) is 0.684. The molecule has 2 fully saturated rings. The normalized spacial score (nSPS) is 27.7. The first-order valence-corrected chi connectivity index (χ1v) is 8.66. The predicted molar refractivity (Wildman–Crippen MR) is 82.1 cm³/mol. The van der Waals surface area contributed by atoms with Crippen molar-refractivity contribution in [1.82, 2.24) is 0 Å². The van der Waals surface area contributed by atoms with Gasteiger partial charge in [0.2, 0.25) is 0 Å². The first-order chi connectivity index (χ1) is 10.2. The van der Waals surface area contributed by atoms with Crippen molar-refractivity contribution < 1.29 is 8.78 Å². The lowest BCUT2D eigenvalue weighted by molar-refractivity contribution is 0.167. The summed E-state index contributed by atoms with van der Waals surface area (Å²) in [4.78, 5) is 0. The van der Waals surface area contributed by atoms with Crippen LogP contribution in [0.4, 0.5) is 8.78 Å². The Bertz CT molecular complexity index is 455. The van der Waals surface area contributed by atoms with Crippen LogP contribution in [0.15, 0.2) is 18.2 Å². The van der Waals surface area contributed by atoms with Crippen LogP contribution in [0.1, 0.15) is 63.4 Å². The number of halogens is 2. The Balaban J connectivity index is 1.50. The average molecular weight is 292 g/mol. The van der Waals surface area contributed by atoms with E-state index >= 15 is 0 Å². The summed E-state index contributed by atoms with van der Waals surface area (Å²) in [5.41, 5.74) is 0.954. The first kappa shape index (κ1) is 15.0. The Morgan fingerprint density at radius 3 is 2.10 bits per heavy atom. The van der Waals surface area contributed by atoms with E-state index in [1.165, 1.54) is 69.9 Å². The van der Waals surface area contributed by atoms with Gasteiger partial charge in [0, 0.05) is 0 Å². The fourth-order valence-electron chi connectivity index (χ4n) is 4.47. The Morgan fingerprint density at radius 2 is 1.43 bits per heavy atom. The molecule has 0 aliphatic heterocycles. The summed E-state index contributed by atoms with van der Waals surface area (Å²) < 4.78 is 26.2. The van der Waals surface area contributed by atoms with Crippen molar-refractivity contribution in [2.45, 2.75) is 64.2 Å². The van der Waals surface area contributed by atoms with E-state index in [2.05, 4.69) is 0 Å². The van der Waals surface area contributed by atoms with Crippen molar-refractivity contribution in [3.63, 3.8) is 0 Å². The minimum absolute atomic E-state index is 0.662.